The highest BCUT2D eigenvalue weighted by molar-refractivity contribution is 5.88. The molecule has 0 amide bonds. The van der Waals surface area contributed by atoms with Gasteiger partial charge in [0.15, 0.2) is 0 Å². The maximum absolute atomic E-state index is 11.1. The molecule has 5 heteroatoms. The van der Waals surface area contributed by atoms with Gasteiger partial charge in [-0.3, -0.25) is 0 Å². The number of pyridine rings is 1. The van der Waals surface area contributed by atoms with Gasteiger partial charge in [0.25, 0.3) is 0 Å². The Morgan fingerprint density at radius 2 is 2.14 bits per heavy atom. The number of aromatic carboxylic acids is 1. The number of carbonyl (C=O) groups is 1. The fourth-order valence-corrected chi connectivity index (χ4v) is 1.96. The van der Waals surface area contributed by atoms with Crippen LogP contribution in [0, 0.1) is 0 Å². The van der Waals surface area contributed by atoms with E-state index in [0.29, 0.717) is 18.8 Å². The van der Waals surface area contributed by atoms with Crippen LogP contribution in [0.4, 0.5) is 5.82 Å². The van der Waals surface area contributed by atoms with Gasteiger partial charge in [-0.05, 0) is 36.2 Å². The molecule has 2 aromatic rings. The second-order valence-corrected chi connectivity index (χ2v) is 4.60. The van der Waals surface area contributed by atoms with E-state index in [0.717, 1.165) is 17.0 Å². The van der Waals surface area contributed by atoms with Crippen molar-refractivity contribution in [3.63, 3.8) is 0 Å². The molecule has 2 N–H and O–H groups in total. The highest BCUT2D eigenvalue weighted by atomic mass is 16.5. The highest BCUT2D eigenvalue weighted by Crippen LogP contribution is 2.15. The third kappa shape index (κ3) is 3.95. The first-order valence-corrected chi connectivity index (χ1v) is 6.73. The van der Waals surface area contributed by atoms with Crippen LogP contribution in [0.15, 0.2) is 36.4 Å². The summed E-state index contributed by atoms with van der Waals surface area (Å²) in [5.41, 5.74) is 2.04. The van der Waals surface area contributed by atoms with E-state index in [1.165, 1.54) is 0 Å². The number of methoxy groups -OCH3 is 1. The molecule has 0 spiro atoms. The molecule has 1 aromatic heterocycles. The van der Waals surface area contributed by atoms with Crippen LogP contribution in [0.3, 0.4) is 0 Å². The molecule has 0 aliphatic rings. The van der Waals surface area contributed by atoms with Gasteiger partial charge in [0, 0.05) is 12.2 Å². The maximum Gasteiger partial charge on any atom is 0.335 e. The number of carboxylic acids is 1. The van der Waals surface area contributed by atoms with Gasteiger partial charge in [0.2, 0.25) is 0 Å². The number of aryl methyl sites for hydroxylation is 1. The zero-order valence-electron chi connectivity index (χ0n) is 12.1. The topological polar surface area (TPSA) is 71.5 Å². The van der Waals surface area contributed by atoms with E-state index in [9.17, 15) is 4.79 Å². The van der Waals surface area contributed by atoms with Crippen molar-refractivity contribution >= 4 is 11.8 Å². The van der Waals surface area contributed by atoms with Gasteiger partial charge in [0.1, 0.15) is 11.6 Å². The van der Waals surface area contributed by atoms with Crippen molar-refractivity contribution in [2.45, 2.75) is 19.9 Å². The number of hydrogen-bond acceptors (Lipinski definition) is 4. The minimum atomic E-state index is -0.948. The molecule has 5 nitrogen and oxygen atoms in total. The predicted molar refractivity (Wildman–Crippen MR) is 80.9 cm³/mol. The molecule has 0 aliphatic carbocycles. The smallest absolute Gasteiger partial charge is 0.335 e. The number of carboxylic acid groups (broad SMARTS) is 1. The zero-order chi connectivity index (χ0) is 15.2. The molecule has 0 bridgehead atoms. The van der Waals surface area contributed by atoms with Crippen LogP contribution in [0.25, 0.3) is 0 Å². The first-order chi connectivity index (χ1) is 10.1. The summed E-state index contributed by atoms with van der Waals surface area (Å²) >= 11 is 0. The molecule has 0 aliphatic heterocycles. The average Bonchev–Trinajstić information content (AvgIpc) is 2.52. The predicted octanol–water partition coefficient (Wildman–Crippen LogP) is 2.96. The lowest BCUT2D eigenvalue weighted by Crippen LogP contribution is -2.06. The largest absolute Gasteiger partial charge is 0.497 e. The summed E-state index contributed by atoms with van der Waals surface area (Å²) in [4.78, 5) is 15.5. The van der Waals surface area contributed by atoms with E-state index in [2.05, 4.69) is 10.3 Å². The fraction of sp³-hybridized carbons (Fsp3) is 0.250. The summed E-state index contributed by atoms with van der Waals surface area (Å²) in [5, 5.41) is 12.3. The standard InChI is InChI=1S/C16H18N2O3/c1-3-13-8-12(16(19)20)9-15(18-13)17-10-11-5-4-6-14(7-11)21-2/h4-9H,3,10H2,1-2H3,(H,17,18)(H,19,20). The Hall–Kier alpha value is -2.56. The fourth-order valence-electron chi connectivity index (χ4n) is 1.96. The monoisotopic (exact) mass is 286 g/mol. The van der Waals surface area contributed by atoms with Crippen molar-refractivity contribution in [1.82, 2.24) is 4.98 Å². The molecule has 0 fully saturated rings. The Kier molecular flexibility index (Phi) is 4.77. The van der Waals surface area contributed by atoms with Crippen molar-refractivity contribution < 1.29 is 14.6 Å². The van der Waals surface area contributed by atoms with Crippen molar-refractivity contribution in [2.24, 2.45) is 0 Å². The lowest BCUT2D eigenvalue weighted by atomic mass is 10.2. The molecule has 0 unspecified atom stereocenters. The second kappa shape index (κ2) is 6.74. The van der Waals surface area contributed by atoms with E-state index >= 15 is 0 Å². The second-order valence-electron chi connectivity index (χ2n) is 4.60. The summed E-state index contributed by atoms with van der Waals surface area (Å²) in [5.74, 6) is 0.405. The first kappa shape index (κ1) is 14.8. The van der Waals surface area contributed by atoms with Gasteiger partial charge in [-0.15, -0.1) is 0 Å². The van der Waals surface area contributed by atoms with Gasteiger partial charge >= 0.3 is 5.97 Å². The van der Waals surface area contributed by atoms with Gasteiger partial charge in [-0.1, -0.05) is 19.1 Å². The number of aromatic nitrogens is 1. The Labute approximate surface area is 123 Å². The Balaban J connectivity index is 2.15. The van der Waals surface area contributed by atoms with Gasteiger partial charge < -0.3 is 15.2 Å². The maximum atomic E-state index is 11.1. The normalized spacial score (nSPS) is 10.2. The molecule has 1 heterocycles. The molecule has 0 radical (unpaired) electrons. The van der Waals surface area contributed by atoms with Crippen molar-refractivity contribution in [2.75, 3.05) is 12.4 Å². The number of rotatable bonds is 6. The molecule has 21 heavy (non-hydrogen) atoms. The lowest BCUT2D eigenvalue weighted by molar-refractivity contribution is 0.0696. The van der Waals surface area contributed by atoms with E-state index < -0.39 is 5.97 Å². The summed E-state index contributed by atoms with van der Waals surface area (Å²) in [7, 11) is 1.62. The van der Waals surface area contributed by atoms with Crippen molar-refractivity contribution in [1.29, 1.82) is 0 Å². The number of anilines is 1. The van der Waals surface area contributed by atoms with E-state index in [-0.39, 0.29) is 5.56 Å². The van der Waals surface area contributed by atoms with Crippen LogP contribution in [0.1, 0.15) is 28.5 Å². The highest BCUT2D eigenvalue weighted by Gasteiger charge is 2.07. The molecule has 0 saturated heterocycles. The number of benzene rings is 1. The summed E-state index contributed by atoms with van der Waals surface area (Å²) < 4.78 is 5.17. The van der Waals surface area contributed by atoms with Gasteiger partial charge in [-0.2, -0.15) is 0 Å². The minimum absolute atomic E-state index is 0.245. The number of nitrogens with one attached hydrogen (secondary N) is 1. The van der Waals surface area contributed by atoms with E-state index in [1.54, 1.807) is 19.2 Å². The summed E-state index contributed by atoms with van der Waals surface area (Å²) in [6.45, 7) is 2.50. The molecule has 1 aromatic carbocycles. The average molecular weight is 286 g/mol. The SMILES string of the molecule is CCc1cc(C(=O)O)cc(NCc2cccc(OC)c2)n1. The number of hydrogen-bond donors (Lipinski definition) is 2. The summed E-state index contributed by atoms with van der Waals surface area (Å²) in [6.07, 6.45) is 0.689. The van der Waals surface area contributed by atoms with Gasteiger partial charge in [-0.25, -0.2) is 9.78 Å². The van der Waals surface area contributed by atoms with E-state index in [1.807, 2.05) is 31.2 Å². The van der Waals surface area contributed by atoms with Crippen LogP contribution in [0.5, 0.6) is 5.75 Å². The molecule has 0 atom stereocenters. The van der Waals surface area contributed by atoms with Crippen LogP contribution >= 0.6 is 0 Å². The number of ether oxygens (including phenoxy) is 1. The van der Waals surface area contributed by atoms with Crippen molar-refractivity contribution in [3.8, 4) is 5.75 Å². The van der Waals surface area contributed by atoms with Crippen LogP contribution in [-0.2, 0) is 13.0 Å². The molecular formula is C16H18N2O3. The summed E-state index contributed by atoms with van der Waals surface area (Å²) in [6, 6.07) is 10.8. The zero-order valence-corrected chi connectivity index (χ0v) is 12.1. The molecule has 0 saturated carbocycles. The Bertz CT molecular complexity index is 641. The van der Waals surface area contributed by atoms with Crippen LogP contribution in [0.2, 0.25) is 0 Å². The first-order valence-electron chi connectivity index (χ1n) is 6.73. The third-order valence-corrected chi connectivity index (χ3v) is 3.10. The Morgan fingerprint density at radius 1 is 1.33 bits per heavy atom. The minimum Gasteiger partial charge on any atom is -0.497 e. The molecule has 110 valence electrons. The number of nitrogens with zero attached hydrogens (tertiary/aromatic N) is 1. The van der Waals surface area contributed by atoms with Crippen LogP contribution < -0.4 is 10.1 Å². The molecular weight excluding hydrogens is 268 g/mol. The third-order valence-electron chi connectivity index (χ3n) is 3.10. The van der Waals surface area contributed by atoms with E-state index in [4.69, 9.17) is 9.84 Å². The van der Waals surface area contributed by atoms with Crippen LogP contribution in [-0.4, -0.2) is 23.2 Å². The Morgan fingerprint density at radius 3 is 2.81 bits per heavy atom. The lowest BCUT2D eigenvalue weighted by Gasteiger charge is -2.09. The quantitative estimate of drug-likeness (QED) is 0.854. The molecule has 2 rings (SSSR count). The van der Waals surface area contributed by atoms with Crippen molar-refractivity contribution in [3.05, 3.63) is 53.2 Å². The van der Waals surface area contributed by atoms with Gasteiger partial charge in [0.05, 0.1) is 12.7 Å².